The Morgan fingerprint density at radius 3 is 2.50 bits per heavy atom. The van der Waals surface area contributed by atoms with Gasteiger partial charge in [0.05, 0.1) is 6.61 Å². The van der Waals surface area contributed by atoms with E-state index in [4.69, 9.17) is 24.5 Å². The van der Waals surface area contributed by atoms with Gasteiger partial charge < -0.3 is 18.9 Å². The van der Waals surface area contributed by atoms with Gasteiger partial charge in [0.1, 0.15) is 29.8 Å². The standard InChI is InChI=1S/C21H21N3O5S/c1-13(25)27-19-17(23-24-22)21(30-15-10-6-3-7-11-15)28-16-12-26-20(29-18(16)19)14-8-4-2-5-9-14/h2-11,16-21H,12H2,1H3/t16-,17-,18-,19-,20?,21+/m1/s1. The molecule has 2 saturated heterocycles. The molecule has 8 nitrogen and oxygen atoms in total. The van der Waals surface area contributed by atoms with Crippen molar-refractivity contribution < 1.29 is 23.7 Å². The molecule has 0 amide bonds. The summed E-state index contributed by atoms with van der Waals surface area (Å²) in [5.41, 5.74) is 9.45. The minimum atomic E-state index is -0.798. The predicted molar refractivity (Wildman–Crippen MR) is 109 cm³/mol. The molecule has 2 aliphatic heterocycles. The van der Waals surface area contributed by atoms with E-state index in [1.165, 1.54) is 18.7 Å². The SMILES string of the molecule is CC(=O)O[C@@H]1[C@@H](N=[N+]=[N-])[C@H](Sc2ccccc2)O[C@@H]2COC(c3ccccc3)O[C@@H]12. The molecule has 156 valence electrons. The van der Waals surface area contributed by atoms with Crippen LogP contribution in [0.2, 0.25) is 0 Å². The first-order valence-electron chi connectivity index (χ1n) is 9.56. The van der Waals surface area contributed by atoms with Crippen molar-refractivity contribution in [3.8, 4) is 0 Å². The van der Waals surface area contributed by atoms with Gasteiger partial charge in [-0.3, -0.25) is 4.79 Å². The van der Waals surface area contributed by atoms with Crippen molar-refractivity contribution in [3.63, 3.8) is 0 Å². The van der Waals surface area contributed by atoms with Gasteiger partial charge >= 0.3 is 5.97 Å². The first-order chi connectivity index (χ1) is 14.7. The van der Waals surface area contributed by atoms with Crippen LogP contribution < -0.4 is 0 Å². The molecule has 0 aromatic heterocycles. The van der Waals surface area contributed by atoms with Gasteiger partial charge in [-0.2, -0.15) is 0 Å². The van der Waals surface area contributed by atoms with Crippen molar-refractivity contribution in [1.82, 2.24) is 0 Å². The summed E-state index contributed by atoms with van der Waals surface area (Å²) in [7, 11) is 0. The predicted octanol–water partition coefficient (Wildman–Crippen LogP) is 4.23. The number of thioether (sulfide) groups is 1. The monoisotopic (exact) mass is 427 g/mol. The summed E-state index contributed by atoms with van der Waals surface area (Å²) in [4.78, 5) is 15.8. The fourth-order valence-electron chi connectivity index (χ4n) is 3.58. The van der Waals surface area contributed by atoms with Crippen LogP contribution in [0.3, 0.4) is 0 Å². The van der Waals surface area contributed by atoms with Crippen LogP contribution in [0.25, 0.3) is 10.4 Å². The minimum absolute atomic E-state index is 0.261. The Bertz CT molecular complexity index is 909. The number of azide groups is 1. The van der Waals surface area contributed by atoms with Gasteiger partial charge in [-0.1, -0.05) is 65.4 Å². The number of nitrogens with zero attached hydrogens (tertiary/aromatic N) is 3. The lowest BCUT2D eigenvalue weighted by atomic mass is 9.97. The summed E-state index contributed by atoms with van der Waals surface area (Å²) in [5, 5.41) is 3.92. The van der Waals surface area contributed by atoms with Crippen molar-refractivity contribution in [2.24, 2.45) is 5.11 Å². The number of carbonyl (C=O) groups is 1. The van der Waals surface area contributed by atoms with Gasteiger partial charge in [0.15, 0.2) is 6.29 Å². The first kappa shape index (κ1) is 20.7. The molecule has 2 fully saturated rings. The van der Waals surface area contributed by atoms with Crippen molar-refractivity contribution in [1.29, 1.82) is 0 Å². The fraction of sp³-hybridized carbons (Fsp3) is 0.381. The van der Waals surface area contributed by atoms with E-state index in [2.05, 4.69) is 10.0 Å². The molecule has 0 spiro atoms. The molecule has 4 rings (SSSR count). The molecule has 0 aliphatic carbocycles. The van der Waals surface area contributed by atoms with Crippen molar-refractivity contribution in [2.75, 3.05) is 6.61 Å². The van der Waals surface area contributed by atoms with Crippen LogP contribution in [0.4, 0.5) is 0 Å². The van der Waals surface area contributed by atoms with Crippen molar-refractivity contribution >= 4 is 17.7 Å². The molecule has 0 bridgehead atoms. The van der Waals surface area contributed by atoms with Crippen LogP contribution in [0.5, 0.6) is 0 Å². The Balaban J connectivity index is 1.61. The lowest BCUT2D eigenvalue weighted by molar-refractivity contribution is -0.306. The van der Waals surface area contributed by atoms with Crippen LogP contribution in [0, 0.1) is 0 Å². The summed E-state index contributed by atoms with van der Waals surface area (Å²) in [6, 6.07) is 18.3. The van der Waals surface area contributed by atoms with E-state index in [0.29, 0.717) is 0 Å². The largest absolute Gasteiger partial charge is 0.459 e. The van der Waals surface area contributed by atoms with Gasteiger partial charge in [-0.05, 0) is 17.7 Å². The molecular weight excluding hydrogens is 406 g/mol. The smallest absolute Gasteiger partial charge is 0.303 e. The number of rotatable bonds is 5. The molecule has 0 saturated carbocycles. The summed E-state index contributed by atoms with van der Waals surface area (Å²) in [6.45, 7) is 1.59. The van der Waals surface area contributed by atoms with Crippen LogP contribution in [-0.4, -0.2) is 42.4 Å². The second kappa shape index (κ2) is 9.51. The molecule has 9 heteroatoms. The third-order valence-electron chi connectivity index (χ3n) is 4.86. The molecule has 6 atom stereocenters. The lowest BCUT2D eigenvalue weighted by Crippen LogP contribution is -2.61. The Morgan fingerprint density at radius 1 is 1.13 bits per heavy atom. The van der Waals surface area contributed by atoms with Crippen LogP contribution >= 0.6 is 11.8 Å². The number of benzene rings is 2. The average molecular weight is 427 g/mol. The summed E-state index contributed by atoms with van der Waals surface area (Å²) in [6.07, 6.45) is -2.52. The maximum atomic E-state index is 11.9. The molecule has 1 unspecified atom stereocenters. The highest BCUT2D eigenvalue weighted by atomic mass is 32.2. The van der Waals surface area contributed by atoms with Gasteiger partial charge in [0.25, 0.3) is 0 Å². The van der Waals surface area contributed by atoms with Crippen molar-refractivity contribution in [2.45, 2.75) is 47.9 Å². The second-order valence-electron chi connectivity index (χ2n) is 6.92. The van der Waals surface area contributed by atoms with Crippen molar-refractivity contribution in [3.05, 3.63) is 76.7 Å². The van der Waals surface area contributed by atoms with E-state index >= 15 is 0 Å². The number of carbonyl (C=O) groups excluding carboxylic acids is 1. The second-order valence-corrected chi connectivity index (χ2v) is 8.09. The van der Waals surface area contributed by atoms with Crippen LogP contribution in [0.15, 0.2) is 70.7 Å². The van der Waals surface area contributed by atoms with Gasteiger partial charge in [-0.15, -0.1) is 0 Å². The Kier molecular flexibility index (Phi) is 6.56. The molecule has 0 radical (unpaired) electrons. The molecule has 2 aromatic carbocycles. The Labute approximate surface area is 178 Å². The van der Waals surface area contributed by atoms with Crippen LogP contribution in [-0.2, 0) is 23.7 Å². The zero-order valence-corrected chi connectivity index (χ0v) is 17.1. The topological polar surface area (TPSA) is 103 Å². The molecule has 2 aliphatic rings. The number of fused-ring (bicyclic) bond motifs is 1. The maximum Gasteiger partial charge on any atom is 0.303 e. The third-order valence-corrected chi connectivity index (χ3v) is 6.03. The minimum Gasteiger partial charge on any atom is -0.459 e. The Morgan fingerprint density at radius 2 is 1.83 bits per heavy atom. The zero-order valence-electron chi connectivity index (χ0n) is 16.2. The summed E-state index contributed by atoms with van der Waals surface area (Å²) in [5.74, 6) is -0.478. The number of esters is 1. The third kappa shape index (κ3) is 4.61. The van der Waals surface area contributed by atoms with Gasteiger partial charge in [0.2, 0.25) is 0 Å². The van der Waals surface area contributed by atoms with E-state index in [-0.39, 0.29) is 6.61 Å². The highest BCUT2D eigenvalue weighted by Crippen LogP contribution is 2.41. The quantitative estimate of drug-likeness (QED) is 0.306. The first-order valence-corrected chi connectivity index (χ1v) is 10.4. The normalized spacial score (nSPS) is 30.6. The van der Waals surface area contributed by atoms with Crippen LogP contribution in [0.1, 0.15) is 18.8 Å². The van der Waals surface area contributed by atoms with Gasteiger partial charge in [-0.25, -0.2) is 0 Å². The van der Waals surface area contributed by atoms with E-state index in [9.17, 15) is 4.79 Å². The lowest BCUT2D eigenvalue weighted by Gasteiger charge is -2.47. The number of hydrogen-bond donors (Lipinski definition) is 0. The van der Waals surface area contributed by atoms with E-state index in [1.54, 1.807) is 0 Å². The highest BCUT2D eigenvalue weighted by Gasteiger charge is 2.51. The average Bonchev–Trinajstić information content (AvgIpc) is 2.77. The Hall–Kier alpha value is -2.55. The number of hydrogen-bond acceptors (Lipinski definition) is 7. The molecular formula is C21H21N3O5S. The zero-order chi connectivity index (χ0) is 20.9. The van der Waals surface area contributed by atoms with E-state index in [0.717, 1.165) is 10.5 Å². The summed E-state index contributed by atoms with van der Waals surface area (Å²) >= 11 is 1.41. The number of ether oxygens (including phenoxy) is 4. The molecule has 2 aromatic rings. The molecule has 0 N–H and O–H groups in total. The molecule has 30 heavy (non-hydrogen) atoms. The molecule has 2 heterocycles. The maximum absolute atomic E-state index is 11.9. The van der Waals surface area contributed by atoms with Gasteiger partial charge in [0, 0.05) is 22.3 Å². The fourth-order valence-corrected chi connectivity index (χ4v) is 4.71. The highest BCUT2D eigenvalue weighted by molar-refractivity contribution is 7.99. The van der Waals surface area contributed by atoms with E-state index in [1.807, 2.05) is 60.7 Å². The van der Waals surface area contributed by atoms with E-state index < -0.39 is 42.0 Å². The summed E-state index contributed by atoms with van der Waals surface area (Å²) < 4.78 is 23.8.